The molecule has 2 nitrogen and oxygen atoms in total. The molecule has 262 valence electrons. The number of hydrogen-bond acceptors (Lipinski definition) is 2. The molecule has 0 saturated heterocycles. The van der Waals surface area contributed by atoms with Gasteiger partial charge in [-0.2, -0.15) is 0 Å². The van der Waals surface area contributed by atoms with Gasteiger partial charge in [-0.15, -0.1) is 0 Å². The summed E-state index contributed by atoms with van der Waals surface area (Å²) in [4.78, 5) is 0. The van der Waals surface area contributed by atoms with E-state index in [9.17, 15) is 0 Å². The molecule has 2 heteroatoms. The topological polar surface area (TPSA) is 24.1 Å². The van der Waals surface area contributed by atoms with Crippen molar-refractivity contribution in [2.24, 2.45) is 0 Å². The van der Waals surface area contributed by atoms with E-state index in [4.69, 9.17) is 0 Å². The number of hydrogen-bond donors (Lipinski definition) is 2. The van der Waals surface area contributed by atoms with Crippen LogP contribution in [0.1, 0.15) is 205 Å². The largest absolute Gasteiger partial charge is 0.301 e. The quantitative estimate of drug-likeness (QED) is 0.0604. The highest BCUT2D eigenvalue weighted by Crippen LogP contribution is 2.23. The number of benzene rings is 2. The van der Waals surface area contributed by atoms with Gasteiger partial charge in [0.2, 0.25) is 0 Å². The first-order valence-electron chi connectivity index (χ1n) is 20.5. The van der Waals surface area contributed by atoms with Crippen LogP contribution < -0.4 is 10.9 Å². The lowest BCUT2D eigenvalue weighted by atomic mass is 10.0. The first-order chi connectivity index (χ1) is 22.8. The number of rotatable bonds is 33. The molecule has 46 heavy (non-hydrogen) atoms. The third kappa shape index (κ3) is 21.8. The van der Waals surface area contributed by atoms with E-state index in [0.29, 0.717) is 0 Å². The lowest BCUT2D eigenvalue weighted by Gasteiger charge is -2.16. The van der Waals surface area contributed by atoms with E-state index in [1.165, 1.54) is 202 Å². The molecule has 2 aromatic carbocycles. The Bertz CT molecular complexity index is 846. The van der Waals surface area contributed by atoms with Crippen molar-refractivity contribution in [3.05, 3.63) is 59.7 Å². The van der Waals surface area contributed by atoms with Crippen LogP contribution in [0.5, 0.6) is 0 Å². The van der Waals surface area contributed by atoms with Crippen molar-refractivity contribution in [3.63, 3.8) is 0 Å². The van der Waals surface area contributed by atoms with Crippen LogP contribution in [-0.2, 0) is 12.8 Å². The van der Waals surface area contributed by atoms with Crippen LogP contribution in [0.3, 0.4) is 0 Å². The van der Waals surface area contributed by atoms with E-state index in [2.05, 4.69) is 73.2 Å². The monoisotopic (exact) mass is 633 g/mol. The van der Waals surface area contributed by atoms with Gasteiger partial charge < -0.3 is 10.9 Å². The van der Waals surface area contributed by atoms with Crippen LogP contribution in [0.2, 0.25) is 0 Å². The zero-order chi connectivity index (χ0) is 32.6. The van der Waals surface area contributed by atoms with Gasteiger partial charge in [0.25, 0.3) is 0 Å². The molecule has 0 saturated carbocycles. The first-order valence-corrected chi connectivity index (χ1v) is 20.5. The van der Waals surface area contributed by atoms with E-state index in [-0.39, 0.29) is 0 Å². The van der Waals surface area contributed by atoms with Crippen LogP contribution >= 0.6 is 0 Å². The molecule has 0 aliphatic carbocycles. The molecule has 2 N–H and O–H groups in total. The molecule has 0 aromatic heterocycles. The summed E-state index contributed by atoms with van der Waals surface area (Å²) < 4.78 is 0. The molecule has 0 amide bonds. The molecule has 0 radical (unpaired) electrons. The maximum absolute atomic E-state index is 3.57. The number of aryl methyl sites for hydroxylation is 2. The highest BCUT2D eigenvalue weighted by molar-refractivity contribution is 5.59. The van der Waals surface area contributed by atoms with Gasteiger partial charge in [0.15, 0.2) is 0 Å². The zero-order valence-corrected chi connectivity index (χ0v) is 30.8. The molecule has 0 unspecified atom stereocenters. The second-order valence-corrected chi connectivity index (χ2v) is 14.3. The van der Waals surface area contributed by atoms with Crippen molar-refractivity contribution < 1.29 is 0 Å². The van der Waals surface area contributed by atoms with Gasteiger partial charge in [-0.25, -0.2) is 0 Å². The molecule has 0 aliphatic rings. The Morgan fingerprint density at radius 3 is 0.826 bits per heavy atom. The van der Waals surface area contributed by atoms with E-state index in [1.54, 1.807) is 0 Å². The van der Waals surface area contributed by atoms with Crippen molar-refractivity contribution >= 4 is 11.4 Å². The van der Waals surface area contributed by atoms with Crippen LogP contribution in [0.4, 0.5) is 11.4 Å². The number of hydrazine groups is 1. The number of para-hydroxylation sites is 2. The second kappa shape index (κ2) is 30.4. The van der Waals surface area contributed by atoms with Crippen LogP contribution in [0, 0.1) is 0 Å². The minimum absolute atomic E-state index is 1.16. The SMILES string of the molecule is CCCCCCCCCCCCCCCCc1ccccc1NNc1ccccc1CCCCCCCCCCCCCCCC. The minimum atomic E-state index is 1.16. The fraction of sp³-hybridized carbons (Fsp3) is 0.727. The summed E-state index contributed by atoms with van der Waals surface area (Å²) in [6.45, 7) is 4.60. The average Bonchev–Trinajstić information content (AvgIpc) is 3.08. The van der Waals surface area contributed by atoms with Gasteiger partial charge in [0.05, 0.1) is 11.4 Å². The summed E-state index contributed by atoms with van der Waals surface area (Å²) in [5, 5.41) is 0. The maximum Gasteiger partial charge on any atom is 0.0571 e. The minimum Gasteiger partial charge on any atom is -0.301 e. The van der Waals surface area contributed by atoms with Crippen molar-refractivity contribution in [2.45, 2.75) is 206 Å². The summed E-state index contributed by atoms with van der Waals surface area (Å²) in [6.07, 6.45) is 41.9. The number of nitrogens with one attached hydrogen (secondary N) is 2. The van der Waals surface area contributed by atoms with Gasteiger partial charge in [-0.05, 0) is 48.9 Å². The Labute approximate surface area is 287 Å². The molecule has 0 fully saturated rings. The molecule has 2 aromatic rings. The van der Waals surface area contributed by atoms with Gasteiger partial charge in [0.1, 0.15) is 0 Å². The van der Waals surface area contributed by atoms with Crippen molar-refractivity contribution in [1.29, 1.82) is 0 Å². The van der Waals surface area contributed by atoms with Crippen molar-refractivity contribution in [2.75, 3.05) is 10.9 Å². The molecule has 0 atom stereocenters. The standard InChI is InChI=1S/C44H76N2/c1-3-5-7-9-11-13-15-17-19-21-23-25-27-29-35-41-37-31-33-39-43(41)45-46-44-40-34-32-38-42(44)36-30-28-26-24-22-20-18-16-14-12-10-8-6-4-2/h31-34,37-40,45-46H,3-30,35-36H2,1-2H3. The highest BCUT2D eigenvalue weighted by Gasteiger charge is 2.05. The van der Waals surface area contributed by atoms with E-state index in [1.807, 2.05) is 0 Å². The Morgan fingerprint density at radius 2 is 0.543 bits per heavy atom. The number of anilines is 2. The van der Waals surface area contributed by atoms with E-state index in [0.717, 1.165) is 12.8 Å². The lowest BCUT2D eigenvalue weighted by molar-refractivity contribution is 0.535. The van der Waals surface area contributed by atoms with Gasteiger partial charge >= 0.3 is 0 Å². The fourth-order valence-corrected chi connectivity index (χ4v) is 6.88. The Morgan fingerprint density at radius 1 is 0.304 bits per heavy atom. The molecule has 0 spiro atoms. The molecule has 2 rings (SSSR count). The van der Waals surface area contributed by atoms with Gasteiger partial charge in [0, 0.05) is 0 Å². The summed E-state index contributed by atoms with van der Waals surface area (Å²) in [6, 6.07) is 17.7. The van der Waals surface area contributed by atoms with Crippen LogP contribution in [-0.4, -0.2) is 0 Å². The molecule has 0 bridgehead atoms. The summed E-state index contributed by atoms with van der Waals surface area (Å²) in [5.74, 6) is 0. The van der Waals surface area contributed by atoms with Crippen LogP contribution in [0.15, 0.2) is 48.5 Å². The summed E-state index contributed by atoms with van der Waals surface area (Å²) in [5.41, 5.74) is 12.5. The third-order valence-electron chi connectivity index (χ3n) is 9.97. The Kier molecular flexibility index (Phi) is 26.6. The highest BCUT2D eigenvalue weighted by atomic mass is 15.4. The fourth-order valence-electron chi connectivity index (χ4n) is 6.88. The maximum atomic E-state index is 3.57. The second-order valence-electron chi connectivity index (χ2n) is 14.3. The normalized spacial score (nSPS) is 11.3. The third-order valence-corrected chi connectivity index (χ3v) is 9.97. The van der Waals surface area contributed by atoms with E-state index < -0.39 is 0 Å². The van der Waals surface area contributed by atoms with Gasteiger partial charge in [-0.1, -0.05) is 217 Å². The van der Waals surface area contributed by atoms with Gasteiger partial charge in [-0.3, -0.25) is 0 Å². The summed E-state index contributed by atoms with van der Waals surface area (Å²) in [7, 11) is 0. The predicted octanol–water partition coefficient (Wildman–Crippen LogP) is 15.2. The predicted molar refractivity (Wildman–Crippen MR) is 208 cm³/mol. The average molecular weight is 633 g/mol. The smallest absolute Gasteiger partial charge is 0.0571 e. The molecule has 0 aliphatic heterocycles. The van der Waals surface area contributed by atoms with E-state index >= 15 is 0 Å². The Balaban J connectivity index is 1.52. The number of unbranched alkanes of at least 4 members (excludes halogenated alkanes) is 26. The van der Waals surface area contributed by atoms with Crippen molar-refractivity contribution in [3.8, 4) is 0 Å². The van der Waals surface area contributed by atoms with Crippen LogP contribution in [0.25, 0.3) is 0 Å². The summed E-state index contributed by atoms with van der Waals surface area (Å²) >= 11 is 0. The molecular formula is C44H76N2. The Hall–Kier alpha value is -1.96. The molecular weight excluding hydrogens is 556 g/mol. The lowest BCUT2D eigenvalue weighted by Crippen LogP contribution is -2.12. The molecule has 0 heterocycles. The zero-order valence-electron chi connectivity index (χ0n) is 30.8. The first kappa shape index (κ1) is 40.2. The van der Waals surface area contributed by atoms with Crippen molar-refractivity contribution in [1.82, 2.24) is 0 Å².